The van der Waals surface area contributed by atoms with Crippen molar-refractivity contribution in [3.63, 3.8) is 0 Å². The number of nitrogens with zero attached hydrogens (tertiary/aromatic N) is 2. The van der Waals surface area contributed by atoms with Crippen molar-refractivity contribution < 1.29 is 19.2 Å². The molecule has 1 N–H and O–H groups in total. The van der Waals surface area contributed by atoms with Crippen molar-refractivity contribution in [1.29, 1.82) is 0 Å². The largest absolute Gasteiger partial charge is 0.497 e. The zero-order valence-corrected chi connectivity index (χ0v) is 17.5. The predicted molar refractivity (Wildman–Crippen MR) is 117 cm³/mol. The van der Waals surface area contributed by atoms with Gasteiger partial charge in [-0.1, -0.05) is 24.3 Å². The van der Waals surface area contributed by atoms with Crippen molar-refractivity contribution in [2.24, 2.45) is 4.99 Å². The average molecular weight is 407 g/mol. The molecule has 1 fully saturated rings. The van der Waals surface area contributed by atoms with Gasteiger partial charge < -0.3 is 9.64 Å². The molecule has 2 amide bonds. The topological polar surface area (TPSA) is 63.4 Å². The van der Waals surface area contributed by atoms with E-state index in [4.69, 9.17) is 4.74 Å². The molecule has 0 saturated carbocycles. The molecule has 2 aliphatic heterocycles. The summed E-state index contributed by atoms with van der Waals surface area (Å²) in [5.74, 6) is -0.564. The smallest absolute Gasteiger partial charge is 0.265 e. The molecule has 30 heavy (non-hydrogen) atoms. The lowest BCUT2D eigenvalue weighted by molar-refractivity contribution is -0.908. The van der Waals surface area contributed by atoms with Crippen molar-refractivity contribution in [2.45, 2.75) is 31.7 Å². The van der Waals surface area contributed by atoms with Gasteiger partial charge in [0.25, 0.3) is 5.91 Å². The molecule has 2 heterocycles. The highest BCUT2D eigenvalue weighted by molar-refractivity contribution is 6.29. The number of hydrogen-bond donors (Lipinski definition) is 1. The molecule has 4 rings (SSSR count). The standard InChI is InChI=1S/C24H27N3O3/c1-3-26-13-7-9-18(26)15-25-16-22-20-11-4-5-12-21(20)23(28)27(24(22)29)17-8-6-10-19(14-17)30-2/h4-6,8,10-12,14,16,18,22H,3,7,9,13,15H2,1-2H3/p+1/t18-,22?/m1/s1. The van der Waals surface area contributed by atoms with Crippen LogP contribution in [-0.4, -0.2) is 50.8 Å². The summed E-state index contributed by atoms with van der Waals surface area (Å²) < 4.78 is 5.28. The molecule has 2 aliphatic rings. The van der Waals surface area contributed by atoms with Crippen LogP contribution < -0.4 is 14.5 Å². The van der Waals surface area contributed by atoms with Gasteiger partial charge in [-0.15, -0.1) is 0 Å². The Balaban J connectivity index is 1.65. The molecule has 0 aromatic heterocycles. The Labute approximate surface area is 177 Å². The van der Waals surface area contributed by atoms with Gasteiger partial charge in [0, 0.05) is 30.7 Å². The summed E-state index contributed by atoms with van der Waals surface area (Å²) in [5.41, 5.74) is 1.77. The maximum Gasteiger partial charge on any atom is 0.265 e. The minimum atomic E-state index is -0.573. The minimum Gasteiger partial charge on any atom is -0.497 e. The summed E-state index contributed by atoms with van der Waals surface area (Å²) >= 11 is 0. The molecule has 2 unspecified atom stereocenters. The first-order valence-electron chi connectivity index (χ1n) is 10.6. The van der Waals surface area contributed by atoms with Gasteiger partial charge in [0.05, 0.1) is 38.3 Å². The van der Waals surface area contributed by atoms with Crippen molar-refractivity contribution in [2.75, 3.05) is 31.6 Å². The number of hydrogen-bond acceptors (Lipinski definition) is 4. The van der Waals surface area contributed by atoms with Crippen LogP contribution in [0.2, 0.25) is 0 Å². The summed E-state index contributed by atoms with van der Waals surface area (Å²) in [4.78, 5) is 34.1. The Morgan fingerprint density at radius 3 is 2.83 bits per heavy atom. The summed E-state index contributed by atoms with van der Waals surface area (Å²) in [6, 6.07) is 14.9. The molecule has 1 saturated heterocycles. The van der Waals surface area contributed by atoms with Gasteiger partial charge in [-0.25, -0.2) is 4.90 Å². The molecule has 2 aromatic carbocycles. The lowest BCUT2D eigenvalue weighted by Crippen LogP contribution is -3.13. The molecular weight excluding hydrogens is 378 g/mol. The van der Waals surface area contributed by atoms with E-state index in [0.717, 1.165) is 12.1 Å². The molecule has 3 atom stereocenters. The third-order valence-electron chi connectivity index (χ3n) is 6.19. The number of rotatable bonds is 6. The molecule has 6 nitrogen and oxygen atoms in total. The maximum atomic E-state index is 13.4. The first-order valence-corrected chi connectivity index (χ1v) is 10.6. The highest BCUT2D eigenvalue weighted by atomic mass is 16.5. The highest BCUT2D eigenvalue weighted by Gasteiger charge is 2.39. The third-order valence-corrected chi connectivity index (χ3v) is 6.19. The molecule has 0 aliphatic carbocycles. The van der Waals surface area contributed by atoms with E-state index in [1.165, 1.54) is 24.3 Å². The second-order valence-electron chi connectivity index (χ2n) is 7.86. The van der Waals surface area contributed by atoms with Crippen LogP contribution in [0.4, 0.5) is 5.69 Å². The fourth-order valence-electron chi connectivity index (χ4n) is 4.56. The zero-order chi connectivity index (χ0) is 21.1. The Hall–Kier alpha value is -2.99. The number of likely N-dealkylation sites (N-methyl/N-ethyl adjacent to an activating group) is 1. The van der Waals surface area contributed by atoms with E-state index in [1.807, 2.05) is 18.2 Å². The van der Waals surface area contributed by atoms with Gasteiger partial charge >= 0.3 is 0 Å². The number of carbonyl (C=O) groups is 2. The molecular formula is C24H28N3O3+. The van der Waals surface area contributed by atoms with Crippen molar-refractivity contribution in [1.82, 2.24) is 0 Å². The predicted octanol–water partition coefficient (Wildman–Crippen LogP) is 2.10. The number of imide groups is 1. The summed E-state index contributed by atoms with van der Waals surface area (Å²) in [6.45, 7) is 5.21. The van der Waals surface area contributed by atoms with Crippen LogP contribution >= 0.6 is 0 Å². The van der Waals surface area contributed by atoms with Crippen molar-refractivity contribution in [3.05, 3.63) is 59.7 Å². The molecule has 2 aromatic rings. The zero-order valence-electron chi connectivity index (χ0n) is 17.5. The Morgan fingerprint density at radius 2 is 2.03 bits per heavy atom. The van der Waals surface area contributed by atoms with Crippen LogP contribution in [0.5, 0.6) is 5.75 Å². The fourth-order valence-corrected chi connectivity index (χ4v) is 4.56. The van der Waals surface area contributed by atoms with Crippen LogP contribution in [-0.2, 0) is 4.79 Å². The number of methoxy groups -OCH3 is 1. The van der Waals surface area contributed by atoms with Crippen molar-refractivity contribution >= 4 is 23.7 Å². The first kappa shape index (κ1) is 20.3. The quantitative estimate of drug-likeness (QED) is 0.590. The first-order chi connectivity index (χ1) is 14.6. The van der Waals surface area contributed by atoms with E-state index >= 15 is 0 Å². The number of nitrogens with one attached hydrogen (secondary N) is 1. The number of fused-ring (bicyclic) bond motifs is 1. The number of ether oxygens (including phenoxy) is 1. The third kappa shape index (κ3) is 3.75. The van der Waals surface area contributed by atoms with E-state index in [2.05, 4.69) is 11.9 Å². The normalized spacial score (nSPS) is 23.8. The number of likely N-dealkylation sites (tertiary alicyclic amines) is 1. The molecule has 6 heteroatoms. The van der Waals surface area contributed by atoms with Crippen LogP contribution in [0.3, 0.4) is 0 Å². The SMILES string of the molecule is CC[NH+]1CCC[C@@H]1CN=CC1C(=O)N(c2cccc(OC)c2)C(=O)c2ccccc21. The van der Waals surface area contributed by atoms with Crippen LogP contribution in [0, 0.1) is 0 Å². The number of amides is 2. The minimum absolute atomic E-state index is 0.276. The lowest BCUT2D eigenvalue weighted by atomic mass is 9.89. The Morgan fingerprint density at radius 1 is 1.20 bits per heavy atom. The number of aliphatic imine (C=N–C) groups is 1. The molecule has 156 valence electrons. The van der Waals surface area contributed by atoms with Gasteiger partial charge in [0.15, 0.2) is 0 Å². The van der Waals surface area contributed by atoms with E-state index in [1.54, 1.807) is 48.6 Å². The second-order valence-corrected chi connectivity index (χ2v) is 7.86. The van der Waals surface area contributed by atoms with Gasteiger partial charge in [-0.2, -0.15) is 0 Å². The Kier molecular flexibility index (Phi) is 5.95. The van der Waals surface area contributed by atoms with Crippen LogP contribution in [0.1, 0.15) is 41.6 Å². The van der Waals surface area contributed by atoms with Crippen LogP contribution in [0.15, 0.2) is 53.5 Å². The van der Waals surface area contributed by atoms with E-state index in [-0.39, 0.29) is 11.8 Å². The van der Waals surface area contributed by atoms with Gasteiger partial charge in [0.2, 0.25) is 5.91 Å². The van der Waals surface area contributed by atoms with Gasteiger partial charge in [-0.05, 0) is 30.7 Å². The van der Waals surface area contributed by atoms with E-state index in [9.17, 15) is 9.59 Å². The van der Waals surface area contributed by atoms with E-state index in [0.29, 0.717) is 29.6 Å². The highest BCUT2D eigenvalue weighted by Crippen LogP contribution is 2.33. The van der Waals surface area contributed by atoms with Gasteiger partial charge in [-0.3, -0.25) is 14.6 Å². The number of carbonyl (C=O) groups excluding carboxylic acids is 2. The fraction of sp³-hybridized carbons (Fsp3) is 0.375. The number of quaternary nitrogens is 1. The molecule has 0 radical (unpaired) electrons. The Bertz CT molecular complexity index is 972. The van der Waals surface area contributed by atoms with Gasteiger partial charge in [0.1, 0.15) is 11.8 Å². The summed E-state index contributed by atoms with van der Waals surface area (Å²) in [5, 5.41) is 0. The van der Waals surface area contributed by atoms with Crippen molar-refractivity contribution in [3.8, 4) is 5.75 Å². The van der Waals surface area contributed by atoms with Crippen LogP contribution in [0.25, 0.3) is 0 Å². The summed E-state index contributed by atoms with van der Waals surface area (Å²) in [7, 11) is 1.56. The average Bonchev–Trinajstić information content (AvgIpc) is 3.24. The maximum absolute atomic E-state index is 13.4. The number of anilines is 1. The monoisotopic (exact) mass is 406 g/mol. The second kappa shape index (κ2) is 8.79. The molecule has 0 bridgehead atoms. The lowest BCUT2D eigenvalue weighted by Gasteiger charge is -2.31. The summed E-state index contributed by atoms with van der Waals surface area (Å²) in [6.07, 6.45) is 4.14. The number of benzene rings is 2. The van der Waals surface area contributed by atoms with E-state index < -0.39 is 5.92 Å². The molecule has 0 spiro atoms.